The van der Waals surface area contributed by atoms with Gasteiger partial charge in [-0.1, -0.05) is 11.8 Å². The Morgan fingerprint density at radius 3 is 2.80 bits per heavy atom. The maximum atomic E-state index is 12.0. The van der Waals surface area contributed by atoms with Crippen LogP contribution in [0, 0.1) is 11.8 Å². The number of hydrogen-bond donors (Lipinski definition) is 2. The summed E-state index contributed by atoms with van der Waals surface area (Å²) in [7, 11) is -2.90. The lowest BCUT2D eigenvalue weighted by molar-refractivity contribution is 0.0934. The summed E-state index contributed by atoms with van der Waals surface area (Å²) in [5.74, 6) is 5.74. The van der Waals surface area contributed by atoms with Crippen LogP contribution in [0.5, 0.6) is 0 Å². The minimum absolute atomic E-state index is 0.0653. The van der Waals surface area contributed by atoms with E-state index in [4.69, 9.17) is 5.73 Å². The lowest BCUT2D eigenvalue weighted by Gasteiger charge is -2.22. The van der Waals surface area contributed by atoms with Crippen LogP contribution < -0.4 is 11.1 Å². The Bertz CT molecular complexity index is 639. The van der Waals surface area contributed by atoms with Crippen LogP contribution in [0.25, 0.3) is 0 Å². The molecule has 1 aromatic rings. The average molecular weight is 312 g/mol. The molecule has 1 fully saturated rings. The fourth-order valence-electron chi connectivity index (χ4n) is 1.96. The van der Waals surface area contributed by atoms with Gasteiger partial charge < -0.3 is 11.1 Å². The summed E-state index contributed by atoms with van der Waals surface area (Å²) in [6.07, 6.45) is 0.968. The van der Waals surface area contributed by atoms with Crippen molar-refractivity contribution in [3.8, 4) is 11.8 Å². The maximum Gasteiger partial charge on any atom is 0.252 e. The number of nitrogens with one attached hydrogen (secondary N) is 1. The Kier molecular flexibility index (Phi) is 4.81. The first-order valence-corrected chi connectivity index (χ1v) is 8.99. The lowest BCUT2D eigenvalue weighted by atomic mass is 10.1. The van der Waals surface area contributed by atoms with Gasteiger partial charge in [0.1, 0.15) is 9.84 Å². The third kappa shape index (κ3) is 4.07. The molecule has 3 N–H and O–H groups in total. The van der Waals surface area contributed by atoms with Crippen LogP contribution in [-0.4, -0.2) is 38.4 Å². The molecule has 1 aliphatic heterocycles. The molecular formula is C13H16N2O3S2. The first kappa shape index (κ1) is 15.0. The Morgan fingerprint density at radius 1 is 1.45 bits per heavy atom. The molecule has 0 spiro atoms. The normalized spacial score (nSPS) is 18.1. The van der Waals surface area contributed by atoms with E-state index < -0.39 is 9.84 Å². The van der Waals surface area contributed by atoms with Gasteiger partial charge in [-0.3, -0.25) is 4.79 Å². The monoisotopic (exact) mass is 312 g/mol. The standard InChI is InChI=1S/C13H16N2O3S2/c14-5-1-2-12-8-10(9-19-12)13(16)15-11-3-6-20(17,18)7-4-11/h8-9,11H,3-7,14H2,(H,15,16). The molecule has 108 valence electrons. The van der Waals surface area contributed by atoms with Crippen LogP contribution >= 0.6 is 11.3 Å². The highest BCUT2D eigenvalue weighted by Gasteiger charge is 2.25. The molecule has 0 aromatic carbocycles. The third-order valence-corrected chi connectivity index (χ3v) is 5.63. The number of hydrogen-bond acceptors (Lipinski definition) is 5. The molecule has 0 atom stereocenters. The Balaban J connectivity index is 1.94. The molecule has 0 radical (unpaired) electrons. The first-order valence-electron chi connectivity index (χ1n) is 6.29. The van der Waals surface area contributed by atoms with E-state index >= 15 is 0 Å². The van der Waals surface area contributed by atoms with Crippen molar-refractivity contribution in [2.75, 3.05) is 18.1 Å². The fraction of sp³-hybridized carbons (Fsp3) is 0.462. The molecule has 0 aliphatic carbocycles. The molecule has 2 rings (SSSR count). The molecule has 20 heavy (non-hydrogen) atoms. The zero-order chi connectivity index (χ0) is 14.6. The number of thiophene rings is 1. The highest BCUT2D eigenvalue weighted by molar-refractivity contribution is 7.91. The van der Waals surface area contributed by atoms with Crippen molar-refractivity contribution in [1.82, 2.24) is 5.32 Å². The zero-order valence-corrected chi connectivity index (χ0v) is 12.5. The predicted molar refractivity (Wildman–Crippen MR) is 79.4 cm³/mol. The molecule has 0 bridgehead atoms. The minimum atomic E-state index is -2.90. The molecule has 2 heterocycles. The quantitative estimate of drug-likeness (QED) is 0.772. The number of carbonyl (C=O) groups is 1. The van der Waals surface area contributed by atoms with E-state index in [1.54, 1.807) is 11.4 Å². The van der Waals surface area contributed by atoms with Crippen molar-refractivity contribution in [3.63, 3.8) is 0 Å². The minimum Gasteiger partial charge on any atom is -0.349 e. The largest absolute Gasteiger partial charge is 0.349 e. The van der Waals surface area contributed by atoms with E-state index in [9.17, 15) is 13.2 Å². The van der Waals surface area contributed by atoms with Gasteiger partial charge in [0.25, 0.3) is 5.91 Å². The Labute approximate surface area is 122 Å². The van der Waals surface area contributed by atoms with E-state index in [1.165, 1.54) is 11.3 Å². The van der Waals surface area contributed by atoms with E-state index in [0.717, 1.165) is 4.88 Å². The summed E-state index contributed by atoms with van der Waals surface area (Å²) >= 11 is 1.39. The van der Waals surface area contributed by atoms with Gasteiger partial charge in [0.05, 0.1) is 28.5 Å². The molecule has 1 aliphatic rings. The summed E-state index contributed by atoms with van der Waals surface area (Å²) in [5.41, 5.74) is 5.85. The van der Waals surface area contributed by atoms with E-state index in [2.05, 4.69) is 17.2 Å². The Hall–Kier alpha value is -1.36. The summed E-state index contributed by atoms with van der Waals surface area (Å²) in [6.45, 7) is 0.288. The van der Waals surface area contributed by atoms with Crippen molar-refractivity contribution in [3.05, 3.63) is 21.9 Å². The number of sulfone groups is 1. The number of rotatable bonds is 2. The summed E-state index contributed by atoms with van der Waals surface area (Å²) < 4.78 is 22.6. The van der Waals surface area contributed by atoms with Crippen molar-refractivity contribution < 1.29 is 13.2 Å². The van der Waals surface area contributed by atoms with Crippen LogP contribution in [0.3, 0.4) is 0 Å². The number of carbonyl (C=O) groups excluding carboxylic acids is 1. The molecule has 1 aromatic heterocycles. The van der Waals surface area contributed by atoms with Crippen LogP contribution in [0.1, 0.15) is 28.1 Å². The van der Waals surface area contributed by atoms with Gasteiger partial charge in [-0.2, -0.15) is 0 Å². The lowest BCUT2D eigenvalue weighted by Crippen LogP contribution is -2.40. The SMILES string of the molecule is NCC#Cc1cc(C(=O)NC2CCS(=O)(=O)CC2)cs1. The molecular weight excluding hydrogens is 296 g/mol. The molecule has 5 nitrogen and oxygen atoms in total. The van der Waals surface area contributed by atoms with Crippen LogP contribution in [-0.2, 0) is 9.84 Å². The number of amides is 1. The smallest absolute Gasteiger partial charge is 0.252 e. The molecule has 1 amide bonds. The van der Waals surface area contributed by atoms with Crippen LogP contribution in [0.2, 0.25) is 0 Å². The van der Waals surface area contributed by atoms with Crippen molar-refractivity contribution in [1.29, 1.82) is 0 Å². The topological polar surface area (TPSA) is 89.3 Å². The second-order valence-electron chi connectivity index (χ2n) is 4.61. The van der Waals surface area contributed by atoms with Gasteiger partial charge >= 0.3 is 0 Å². The van der Waals surface area contributed by atoms with Gasteiger partial charge in [0.15, 0.2) is 0 Å². The Morgan fingerprint density at radius 2 is 2.15 bits per heavy atom. The number of nitrogens with two attached hydrogens (primary N) is 1. The highest BCUT2D eigenvalue weighted by atomic mass is 32.2. The third-order valence-electron chi connectivity index (χ3n) is 3.07. The highest BCUT2D eigenvalue weighted by Crippen LogP contribution is 2.16. The second kappa shape index (κ2) is 6.39. The van der Waals surface area contributed by atoms with E-state index in [-0.39, 0.29) is 30.0 Å². The van der Waals surface area contributed by atoms with E-state index in [1.807, 2.05) is 0 Å². The van der Waals surface area contributed by atoms with Crippen molar-refractivity contribution in [2.45, 2.75) is 18.9 Å². The van der Waals surface area contributed by atoms with Gasteiger partial charge in [-0.05, 0) is 18.9 Å². The first-order chi connectivity index (χ1) is 9.50. The summed E-state index contributed by atoms with van der Waals surface area (Å²) in [5, 5.41) is 4.62. The molecule has 7 heteroatoms. The maximum absolute atomic E-state index is 12.0. The second-order valence-corrected chi connectivity index (χ2v) is 7.82. The van der Waals surface area contributed by atoms with Gasteiger partial charge in [-0.15, -0.1) is 11.3 Å². The zero-order valence-electron chi connectivity index (χ0n) is 10.9. The van der Waals surface area contributed by atoms with Gasteiger partial charge in [0.2, 0.25) is 0 Å². The molecule has 0 saturated carbocycles. The fourth-order valence-corrected chi connectivity index (χ4v) is 4.21. The van der Waals surface area contributed by atoms with Gasteiger partial charge in [-0.25, -0.2) is 8.42 Å². The molecule has 1 saturated heterocycles. The molecule has 0 unspecified atom stereocenters. The van der Waals surface area contributed by atoms with Crippen molar-refractivity contribution in [2.24, 2.45) is 5.73 Å². The average Bonchev–Trinajstić information content (AvgIpc) is 2.88. The predicted octanol–water partition coefficient (Wildman–Crippen LogP) is 0.365. The summed E-state index contributed by atoms with van der Waals surface area (Å²) in [4.78, 5) is 12.8. The van der Waals surface area contributed by atoms with Crippen LogP contribution in [0.15, 0.2) is 11.4 Å². The van der Waals surface area contributed by atoms with Crippen LogP contribution in [0.4, 0.5) is 0 Å². The van der Waals surface area contributed by atoms with Gasteiger partial charge in [0, 0.05) is 11.4 Å². The van der Waals surface area contributed by atoms with E-state index in [0.29, 0.717) is 18.4 Å². The summed E-state index contributed by atoms with van der Waals surface area (Å²) in [6, 6.07) is 1.66. The van der Waals surface area contributed by atoms with Crippen molar-refractivity contribution >= 4 is 27.1 Å².